The molecule has 1 heterocycles. The number of aryl methyl sites for hydroxylation is 1. The van der Waals surface area contributed by atoms with Gasteiger partial charge >= 0.3 is 0 Å². The van der Waals surface area contributed by atoms with Gasteiger partial charge in [0.25, 0.3) is 5.82 Å². The SMILES string of the molecule is C[n+]1cc(N)n(-c2ccccc2)n1. The number of hydrogen-bond acceptors (Lipinski definition) is 2. The Balaban J connectivity index is 2.53. The van der Waals surface area contributed by atoms with Crippen LogP contribution in [0, 0.1) is 0 Å². The number of rotatable bonds is 1. The van der Waals surface area contributed by atoms with Gasteiger partial charge in [0.2, 0.25) is 0 Å². The van der Waals surface area contributed by atoms with E-state index >= 15 is 0 Å². The fraction of sp³-hybridized carbons (Fsp3) is 0.111. The smallest absolute Gasteiger partial charge is 0.261 e. The van der Waals surface area contributed by atoms with E-state index < -0.39 is 0 Å². The number of aromatic nitrogens is 3. The van der Waals surface area contributed by atoms with Crippen LogP contribution in [0.3, 0.4) is 0 Å². The first-order valence-electron chi connectivity index (χ1n) is 4.04. The van der Waals surface area contributed by atoms with Gasteiger partial charge in [0.15, 0.2) is 11.9 Å². The molecule has 0 atom stereocenters. The molecule has 4 heteroatoms. The number of benzene rings is 1. The molecule has 0 unspecified atom stereocenters. The van der Waals surface area contributed by atoms with Gasteiger partial charge in [0.1, 0.15) is 7.05 Å². The molecule has 4 nitrogen and oxygen atoms in total. The highest BCUT2D eigenvalue weighted by Gasteiger charge is 2.11. The summed E-state index contributed by atoms with van der Waals surface area (Å²) in [5.41, 5.74) is 6.73. The van der Waals surface area contributed by atoms with Crippen LogP contribution in [0.25, 0.3) is 5.69 Å². The molecule has 1 aromatic carbocycles. The summed E-state index contributed by atoms with van der Waals surface area (Å²) < 4.78 is 3.38. The topological polar surface area (TPSA) is 47.7 Å². The van der Waals surface area contributed by atoms with Gasteiger partial charge in [-0.3, -0.25) is 0 Å². The highest BCUT2D eigenvalue weighted by molar-refractivity contribution is 5.37. The van der Waals surface area contributed by atoms with Crippen LogP contribution >= 0.6 is 0 Å². The molecule has 13 heavy (non-hydrogen) atoms. The third kappa shape index (κ3) is 1.38. The molecule has 2 N–H and O–H groups in total. The van der Waals surface area contributed by atoms with Crippen molar-refractivity contribution < 1.29 is 4.68 Å². The molecule has 0 fully saturated rings. The van der Waals surface area contributed by atoms with Crippen LogP contribution in [-0.2, 0) is 7.05 Å². The van der Waals surface area contributed by atoms with E-state index in [-0.39, 0.29) is 0 Å². The third-order valence-corrected chi connectivity index (χ3v) is 1.79. The molecule has 0 spiro atoms. The first-order valence-corrected chi connectivity index (χ1v) is 4.04. The molecule has 0 saturated heterocycles. The molecule has 0 saturated carbocycles. The van der Waals surface area contributed by atoms with Crippen LogP contribution in [0.5, 0.6) is 0 Å². The Morgan fingerprint density at radius 2 is 2.00 bits per heavy atom. The maximum Gasteiger partial charge on any atom is 0.261 e. The summed E-state index contributed by atoms with van der Waals surface area (Å²) in [7, 11) is 1.84. The lowest BCUT2D eigenvalue weighted by atomic mass is 10.3. The number of nitrogen functional groups attached to an aromatic ring is 1. The summed E-state index contributed by atoms with van der Waals surface area (Å²) in [5.74, 6) is 0.633. The van der Waals surface area contributed by atoms with Gasteiger partial charge in [-0.05, 0) is 12.1 Å². The molecule has 0 radical (unpaired) electrons. The van der Waals surface area contributed by atoms with Gasteiger partial charge in [-0.25, -0.2) is 0 Å². The molecule has 0 amide bonds. The lowest BCUT2D eigenvalue weighted by Gasteiger charge is -1.92. The van der Waals surface area contributed by atoms with Gasteiger partial charge in [-0.15, -0.1) is 4.68 Å². The van der Waals surface area contributed by atoms with Crippen molar-refractivity contribution >= 4 is 5.82 Å². The standard InChI is InChI=1S/C9H11N4/c1-12-7-9(10)13(11-12)8-5-3-2-4-6-8/h2-7H,10H2,1H3/q+1. The van der Waals surface area contributed by atoms with E-state index in [1.807, 2.05) is 37.4 Å². The summed E-state index contributed by atoms with van der Waals surface area (Å²) in [6, 6.07) is 9.79. The quantitative estimate of drug-likeness (QED) is 0.633. The molecule has 2 aromatic rings. The van der Waals surface area contributed by atoms with Gasteiger partial charge in [-0.2, -0.15) is 0 Å². The van der Waals surface area contributed by atoms with E-state index in [2.05, 4.69) is 5.21 Å². The molecule has 0 aliphatic rings. The maximum absolute atomic E-state index is 5.75. The Morgan fingerprint density at radius 1 is 1.31 bits per heavy atom. The Morgan fingerprint density at radius 3 is 2.54 bits per heavy atom. The number of para-hydroxylation sites is 1. The van der Waals surface area contributed by atoms with Crippen molar-refractivity contribution in [3.05, 3.63) is 36.5 Å². The fourth-order valence-electron chi connectivity index (χ4n) is 1.23. The second-order valence-corrected chi connectivity index (χ2v) is 2.86. The second kappa shape index (κ2) is 2.90. The molecule has 0 bridgehead atoms. The summed E-state index contributed by atoms with van der Waals surface area (Å²) in [4.78, 5) is 0. The maximum atomic E-state index is 5.75. The molecule has 0 aliphatic heterocycles. The predicted octanol–water partition coefficient (Wildman–Crippen LogP) is 0.279. The average Bonchev–Trinajstić information content (AvgIpc) is 2.47. The Labute approximate surface area is 76.2 Å². The normalized spacial score (nSPS) is 10.2. The van der Waals surface area contributed by atoms with Crippen LogP contribution in [0.4, 0.5) is 5.82 Å². The minimum atomic E-state index is 0.633. The zero-order chi connectivity index (χ0) is 9.26. The van der Waals surface area contributed by atoms with Crippen molar-refractivity contribution in [2.75, 3.05) is 5.73 Å². The van der Waals surface area contributed by atoms with E-state index in [1.54, 1.807) is 15.6 Å². The predicted molar refractivity (Wildman–Crippen MR) is 49.2 cm³/mol. The van der Waals surface area contributed by atoms with E-state index in [9.17, 15) is 0 Å². The fourth-order valence-corrected chi connectivity index (χ4v) is 1.23. The summed E-state index contributed by atoms with van der Waals surface area (Å²) in [5, 5.41) is 4.19. The van der Waals surface area contributed by atoms with Crippen molar-refractivity contribution in [3.8, 4) is 5.69 Å². The number of nitrogens with zero attached hydrogens (tertiary/aromatic N) is 3. The number of anilines is 1. The largest absolute Gasteiger partial charge is 0.361 e. The van der Waals surface area contributed by atoms with E-state index in [0.717, 1.165) is 5.69 Å². The van der Waals surface area contributed by atoms with Crippen LogP contribution in [0.1, 0.15) is 0 Å². The minimum absolute atomic E-state index is 0.633. The highest BCUT2D eigenvalue weighted by Crippen LogP contribution is 2.07. The monoisotopic (exact) mass is 175 g/mol. The van der Waals surface area contributed by atoms with Gasteiger partial charge in [-0.1, -0.05) is 22.9 Å². The van der Waals surface area contributed by atoms with Crippen molar-refractivity contribution in [1.82, 2.24) is 9.90 Å². The van der Waals surface area contributed by atoms with E-state index in [1.165, 1.54) is 0 Å². The molecule has 0 aliphatic carbocycles. The number of hydrogen-bond donors (Lipinski definition) is 1. The van der Waals surface area contributed by atoms with Crippen molar-refractivity contribution in [3.63, 3.8) is 0 Å². The van der Waals surface area contributed by atoms with Crippen LogP contribution in [0.2, 0.25) is 0 Å². The zero-order valence-electron chi connectivity index (χ0n) is 7.38. The first kappa shape index (κ1) is 7.79. The lowest BCUT2D eigenvalue weighted by molar-refractivity contribution is -0.731. The summed E-state index contributed by atoms with van der Waals surface area (Å²) in [6.07, 6.45) is 1.77. The van der Waals surface area contributed by atoms with Crippen molar-refractivity contribution in [2.24, 2.45) is 7.05 Å². The number of nitrogens with two attached hydrogens (primary N) is 1. The summed E-state index contributed by atoms with van der Waals surface area (Å²) in [6.45, 7) is 0. The zero-order valence-corrected chi connectivity index (χ0v) is 7.38. The lowest BCUT2D eigenvalue weighted by Crippen LogP contribution is -2.30. The summed E-state index contributed by atoms with van der Waals surface area (Å²) >= 11 is 0. The van der Waals surface area contributed by atoms with Crippen LogP contribution in [0.15, 0.2) is 36.5 Å². The molecule has 2 rings (SSSR count). The van der Waals surface area contributed by atoms with Crippen LogP contribution in [-0.4, -0.2) is 9.90 Å². The van der Waals surface area contributed by atoms with Gasteiger partial charge in [0.05, 0.1) is 5.21 Å². The molecule has 66 valence electrons. The van der Waals surface area contributed by atoms with E-state index in [4.69, 9.17) is 5.73 Å². The van der Waals surface area contributed by atoms with Gasteiger partial charge in [0, 0.05) is 0 Å². The molecular formula is C9H11N4+. The van der Waals surface area contributed by atoms with Crippen molar-refractivity contribution in [1.29, 1.82) is 0 Å². The third-order valence-electron chi connectivity index (χ3n) is 1.79. The highest BCUT2D eigenvalue weighted by atomic mass is 15.5. The minimum Gasteiger partial charge on any atom is -0.361 e. The van der Waals surface area contributed by atoms with Crippen molar-refractivity contribution in [2.45, 2.75) is 0 Å². The van der Waals surface area contributed by atoms with Crippen LogP contribution < -0.4 is 10.4 Å². The second-order valence-electron chi connectivity index (χ2n) is 2.86. The van der Waals surface area contributed by atoms with E-state index in [0.29, 0.717) is 5.82 Å². The van der Waals surface area contributed by atoms with Gasteiger partial charge < -0.3 is 5.73 Å². The Hall–Kier alpha value is -1.84. The molecular weight excluding hydrogens is 164 g/mol. The Kier molecular flexibility index (Phi) is 1.73. The first-order chi connectivity index (χ1) is 6.27. The average molecular weight is 175 g/mol. The molecule has 1 aromatic heterocycles. The Bertz CT molecular complexity index is 405.